The van der Waals surface area contributed by atoms with Gasteiger partial charge >= 0.3 is 0 Å². The SMILES string of the molecule is CC1(C)C(NC(=O)C(N)C2CCOCC2)C2CCOC21.Cl. The average molecular weight is 319 g/mol. The van der Waals surface area contributed by atoms with Gasteiger partial charge in [0.2, 0.25) is 5.91 Å². The van der Waals surface area contributed by atoms with Crippen molar-refractivity contribution < 1.29 is 14.3 Å². The van der Waals surface area contributed by atoms with Crippen molar-refractivity contribution in [2.75, 3.05) is 19.8 Å². The molecule has 1 saturated carbocycles. The summed E-state index contributed by atoms with van der Waals surface area (Å²) in [5, 5.41) is 3.19. The number of carbonyl (C=O) groups excluding carboxylic acids is 1. The Morgan fingerprint density at radius 3 is 2.57 bits per heavy atom. The highest BCUT2D eigenvalue weighted by Gasteiger charge is 2.60. The zero-order valence-corrected chi connectivity index (χ0v) is 13.7. The minimum Gasteiger partial charge on any atom is -0.381 e. The Hall–Kier alpha value is -0.360. The molecule has 3 rings (SSSR count). The number of ether oxygens (including phenoxy) is 2. The highest BCUT2D eigenvalue weighted by atomic mass is 35.5. The summed E-state index contributed by atoms with van der Waals surface area (Å²) < 4.78 is 11.1. The molecule has 0 aromatic heterocycles. The van der Waals surface area contributed by atoms with Gasteiger partial charge in [-0.1, -0.05) is 13.8 Å². The van der Waals surface area contributed by atoms with Crippen LogP contribution in [0.1, 0.15) is 33.1 Å². The number of nitrogens with one attached hydrogen (secondary N) is 1. The molecular formula is C15H27ClN2O3. The number of carbonyl (C=O) groups is 1. The van der Waals surface area contributed by atoms with Crippen molar-refractivity contribution in [3.8, 4) is 0 Å². The molecule has 1 aliphatic carbocycles. The molecule has 4 atom stereocenters. The van der Waals surface area contributed by atoms with E-state index in [0.29, 0.717) is 12.0 Å². The number of hydrogen-bond donors (Lipinski definition) is 2. The Morgan fingerprint density at radius 2 is 1.90 bits per heavy atom. The lowest BCUT2D eigenvalue weighted by Gasteiger charge is -2.54. The third-order valence-corrected chi connectivity index (χ3v) is 5.47. The molecule has 4 unspecified atom stereocenters. The lowest BCUT2D eigenvalue weighted by molar-refractivity contribution is -0.140. The summed E-state index contributed by atoms with van der Waals surface area (Å²) in [6.07, 6.45) is 3.12. The Bertz CT molecular complexity index is 385. The van der Waals surface area contributed by atoms with E-state index in [2.05, 4.69) is 19.2 Å². The van der Waals surface area contributed by atoms with E-state index < -0.39 is 6.04 Å². The van der Waals surface area contributed by atoms with Crippen molar-refractivity contribution in [3.63, 3.8) is 0 Å². The van der Waals surface area contributed by atoms with Crippen molar-refractivity contribution in [3.05, 3.63) is 0 Å². The van der Waals surface area contributed by atoms with E-state index in [9.17, 15) is 4.79 Å². The summed E-state index contributed by atoms with van der Waals surface area (Å²) in [4.78, 5) is 12.4. The van der Waals surface area contributed by atoms with Gasteiger partial charge in [0.15, 0.2) is 0 Å². The van der Waals surface area contributed by atoms with Gasteiger partial charge in [0, 0.05) is 37.2 Å². The smallest absolute Gasteiger partial charge is 0.237 e. The number of fused-ring (bicyclic) bond motifs is 1. The Morgan fingerprint density at radius 1 is 1.24 bits per heavy atom. The highest BCUT2D eigenvalue weighted by molar-refractivity contribution is 5.85. The molecule has 3 aliphatic rings. The lowest BCUT2D eigenvalue weighted by atomic mass is 9.57. The van der Waals surface area contributed by atoms with Crippen LogP contribution in [0.5, 0.6) is 0 Å². The first-order valence-electron chi connectivity index (χ1n) is 7.77. The van der Waals surface area contributed by atoms with Crippen LogP contribution in [0.25, 0.3) is 0 Å². The van der Waals surface area contributed by atoms with Crippen molar-refractivity contribution in [2.24, 2.45) is 23.0 Å². The summed E-state index contributed by atoms with van der Waals surface area (Å²) in [5.41, 5.74) is 6.17. The average Bonchev–Trinajstić information content (AvgIpc) is 2.91. The largest absolute Gasteiger partial charge is 0.381 e. The van der Waals surface area contributed by atoms with Gasteiger partial charge in [0.1, 0.15) is 0 Å². The van der Waals surface area contributed by atoms with Gasteiger partial charge in [-0.2, -0.15) is 0 Å². The third-order valence-electron chi connectivity index (χ3n) is 5.47. The minimum absolute atomic E-state index is 0. The van der Waals surface area contributed by atoms with E-state index in [0.717, 1.165) is 39.1 Å². The zero-order chi connectivity index (χ0) is 14.3. The predicted molar refractivity (Wildman–Crippen MR) is 82.3 cm³/mol. The van der Waals surface area contributed by atoms with E-state index in [1.807, 2.05) is 0 Å². The van der Waals surface area contributed by atoms with Crippen LogP contribution < -0.4 is 11.1 Å². The molecule has 21 heavy (non-hydrogen) atoms. The molecule has 0 radical (unpaired) electrons. The molecule has 3 N–H and O–H groups in total. The highest BCUT2D eigenvalue weighted by Crippen LogP contribution is 2.52. The van der Waals surface area contributed by atoms with E-state index in [-0.39, 0.29) is 35.7 Å². The van der Waals surface area contributed by atoms with Gasteiger partial charge in [0.05, 0.1) is 12.1 Å². The lowest BCUT2D eigenvalue weighted by Crippen LogP contribution is -2.68. The van der Waals surface area contributed by atoms with Crippen molar-refractivity contribution in [1.29, 1.82) is 0 Å². The molecule has 2 heterocycles. The van der Waals surface area contributed by atoms with Crippen molar-refractivity contribution >= 4 is 18.3 Å². The quantitative estimate of drug-likeness (QED) is 0.817. The van der Waals surface area contributed by atoms with Crippen LogP contribution in [0.3, 0.4) is 0 Å². The van der Waals surface area contributed by atoms with E-state index in [1.165, 1.54) is 0 Å². The summed E-state index contributed by atoms with van der Waals surface area (Å²) in [6.45, 7) is 6.60. The van der Waals surface area contributed by atoms with Crippen LogP contribution in [0.4, 0.5) is 0 Å². The fourth-order valence-corrected chi connectivity index (χ4v) is 4.16. The molecule has 0 bridgehead atoms. The standard InChI is InChI=1S/C15H26N2O3.ClH/c1-15(2)12(10-5-8-20-13(10)15)17-14(18)11(16)9-3-6-19-7-4-9;/h9-13H,3-8,16H2,1-2H3,(H,17,18);1H. The maximum absolute atomic E-state index is 12.4. The maximum Gasteiger partial charge on any atom is 0.237 e. The molecule has 1 amide bonds. The Kier molecular flexibility index (Phi) is 5.19. The second-order valence-electron chi connectivity index (χ2n) is 7.03. The van der Waals surface area contributed by atoms with E-state index >= 15 is 0 Å². The van der Waals surface area contributed by atoms with E-state index in [4.69, 9.17) is 15.2 Å². The molecule has 0 spiro atoms. The third kappa shape index (κ3) is 2.93. The minimum atomic E-state index is -0.406. The normalized spacial score (nSPS) is 36.0. The topological polar surface area (TPSA) is 73.6 Å². The molecule has 5 nitrogen and oxygen atoms in total. The molecule has 2 saturated heterocycles. The number of halogens is 1. The molecule has 0 aromatic rings. The zero-order valence-electron chi connectivity index (χ0n) is 12.8. The first-order valence-corrected chi connectivity index (χ1v) is 7.77. The number of rotatable bonds is 3. The van der Waals surface area contributed by atoms with E-state index in [1.54, 1.807) is 0 Å². The van der Waals surface area contributed by atoms with Gasteiger partial charge < -0.3 is 20.5 Å². The van der Waals surface area contributed by atoms with Crippen LogP contribution in [0.2, 0.25) is 0 Å². The van der Waals surface area contributed by atoms with Gasteiger partial charge in [-0.05, 0) is 25.2 Å². The molecule has 6 heteroatoms. The fourth-order valence-electron chi connectivity index (χ4n) is 4.16. The summed E-state index contributed by atoms with van der Waals surface area (Å²) in [6, 6.07) is -0.204. The summed E-state index contributed by atoms with van der Waals surface area (Å²) in [5.74, 6) is 0.721. The predicted octanol–water partition coefficient (Wildman–Crippen LogP) is 1.09. The monoisotopic (exact) mass is 318 g/mol. The first-order chi connectivity index (χ1) is 9.51. The number of amides is 1. The molecule has 3 fully saturated rings. The van der Waals surface area contributed by atoms with Crippen LogP contribution in [0, 0.1) is 17.3 Å². The van der Waals surface area contributed by atoms with Gasteiger partial charge in [-0.3, -0.25) is 4.79 Å². The Balaban J connectivity index is 0.00000161. The van der Waals surface area contributed by atoms with Gasteiger partial charge in [-0.25, -0.2) is 0 Å². The first kappa shape index (κ1) is 17.0. The molecular weight excluding hydrogens is 292 g/mol. The van der Waals surface area contributed by atoms with Crippen molar-refractivity contribution in [2.45, 2.75) is 51.3 Å². The summed E-state index contributed by atoms with van der Waals surface area (Å²) in [7, 11) is 0. The second-order valence-corrected chi connectivity index (χ2v) is 7.03. The van der Waals surface area contributed by atoms with Gasteiger partial charge in [-0.15, -0.1) is 12.4 Å². The maximum atomic E-state index is 12.4. The molecule has 2 aliphatic heterocycles. The van der Waals surface area contributed by atoms with Crippen LogP contribution in [-0.2, 0) is 14.3 Å². The number of hydrogen-bond acceptors (Lipinski definition) is 4. The molecule has 0 aromatic carbocycles. The summed E-state index contributed by atoms with van der Waals surface area (Å²) >= 11 is 0. The van der Waals surface area contributed by atoms with Crippen molar-refractivity contribution in [1.82, 2.24) is 5.32 Å². The van der Waals surface area contributed by atoms with Crippen LogP contribution in [-0.4, -0.2) is 43.9 Å². The Labute approximate surface area is 132 Å². The number of nitrogens with two attached hydrogens (primary N) is 1. The van der Waals surface area contributed by atoms with Gasteiger partial charge in [0.25, 0.3) is 0 Å². The second kappa shape index (κ2) is 6.41. The van der Waals surface area contributed by atoms with Crippen LogP contribution >= 0.6 is 12.4 Å². The molecule has 122 valence electrons. The van der Waals surface area contributed by atoms with Crippen LogP contribution in [0.15, 0.2) is 0 Å². The fraction of sp³-hybridized carbons (Fsp3) is 0.933.